The van der Waals surface area contributed by atoms with Gasteiger partial charge in [-0.25, -0.2) is 9.78 Å². The van der Waals surface area contributed by atoms with Crippen molar-refractivity contribution in [3.63, 3.8) is 0 Å². The molecule has 1 aliphatic rings. The van der Waals surface area contributed by atoms with E-state index in [2.05, 4.69) is 10.2 Å². The summed E-state index contributed by atoms with van der Waals surface area (Å²) in [5.74, 6) is 1.43. The fourth-order valence-electron chi connectivity index (χ4n) is 3.53. The van der Waals surface area contributed by atoms with Crippen LogP contribution >= 0.6 is 11.6 Å². The number of benzene rings is 1. The second kappa shape index (κ2) is 10.8. The van der Waals surface area contributed by atoms with Crippen molar-refractivity contribution in [2.45, 2.75) is 39.3 Å². The van der Waals surface area contributed by atoms with E-state index in [0.717, 1.165) is 29.2 Å². The van der Waals surface area contributed by atoms with Crippen molar-refractivity contribution < 1.29 is 19.0 Å². The number of nitrogens with zero attached hydrogens (tertiary/aromatic N) is 2. The van der Waals surface area contributed by atoms with Gasteiger partial charge in [0.25, 0.3) is 0 Å². The molecule has 0 saturated carbocycles. The molecule has 0 unspecified atom stereocenters. The zero-order valence-electron chi connectivity index (χ0n) is 18.5. The number of methoxy groups -OCH3 is 1. The lowest BCUT2D eigenvalue weighted by Crippen LogP contribution is -2.48. The van der Waals surface area contributed by atoms with Crippen LogP contribution in [0.4, 0.5) is 10.6 Å². The van der Waals surface area contributed by atoms with Crippen LogP contribution in [-0.4, -0.2) is 50.6 Å². The number of amides is 1. The van der Waals surface area contributed by atoms with Crippen molar-refractivity contribution in [2.24, 2.45) is 0 Å². The van der Waals surface area contributed by atoms with Crippen LogP contribution < -0.4 is 15.0 Å². The number of carbonyl (C=O) groups is 1. The van der Waals surface area contributed by atoms with Gasteiger partial charge < -0.3 is 24.4 Å². The predicted octanol–water partition coefficient (Wildman–Crippen LogP) is 4.31. The maximum absolute atomic E-state index is 12.5. The molecule has 0 aliphatic carbocycles. The molecule has 1 aromatic carbocycles. The molecule has 0 bridgehead atoms. The van der Waals surface area contributed by atoms with E-state index in [1.807, 2.05) is 39.0 Å². The van der Waals surface area contributed by atoms with Crippen LogP contribution in [0.2, 0.25) is 5.02 Å². The lowest BCUT2D eigenvalue weighted by molar-refractivity contribution is 0.0597. The summed E-state index contributed by atoms with van der Waals surface area (Å²) in [4.78, 5) is 19.5. The third-order valence-electron chi connectivity index (χ3n) is 5.14. The van der Waals surface area contributed by atoms with Gasteiger partial charge in [-0.2, -0.15) is 0 Å². The fraction of sp³-hybridized carbons (Fsp3) is 0.478. The monoisotopic (exact) mass is 447 g/mol. The summed E-state index contributed by atoms with van der Waals surface area (Å²) in [6.07, 6.45) is -0.516. The maximum Gasteiger partial charge on any atom is 0.412 e. The van der Waals surface area contributed by atoms with Gasteiger partial charge in [0.1, 0.15) is 5.82 Å². The Morgan fingerprint density at radius 3 is 2.77 bits per heavy atom. The smallest absolute Gasteiger partial charge is 0.408 e. The number of morpholine rings is 1. The fourth-order valence-corrected chi connectivity index (χ4v) is 3.66. The normalized spacial score (nSPS) is 16.5. The molecule has 0 spiro atoms. The molecule has 7 nitrogen and oxygen atoms in total. The topological polar surface area (TPSA) is 72.9 Å². The first-order valence-electron chi connectivity index (χ1n) is 10.4. The van der Waals surface area contributed by atoms with Crippen molar-refractivity contribution in [3.8, 4) is 5.75 Å². The molecule has 1 N–H and O–H groups in total. The van der Waals surface area contributed by atoms with Gasteiger partial charge in [-0.1, -0.05) is 37.6 Å². The molecule has 168 valence electrons. The SMILES string of the molecule is COC[C@H]1COCCN1c1cc(C)c(OC(=O)NCc2ccc(Cl)cc2)c(C(C)C)n1. The lowest BCUT2D eigenvalue weighted by Gasteiger charge is -2.36. The van der Waals surface area contributed by atoms with Crippen LogP contribution in [-0.2, 0) is 16.0 Å². The number of pyridine rings is 1. The summed E-state index contributed by atoms with van der Waals surface area (Å²) >= 11 is 5.91. The number of hydrogen-bond donors (Lipinski definition) is 1. The van der Waals surface area contributed by atoms with E-state index >= 15 is 0 Å². The van der Waals surface area contributed by atoms with E-state index < -0.39 is 6.09 Å². The molecule has 3 rings (SSSR count). The zero-order valence-corrected chi connectivity index (χ0v) is 19.2. The molecule has 1 fully saturated rings. The number of hydrogen-bond acceptors (Lipinski definition) is 6. The van der Waals surface area contributed by atoms with Crippen LogP contribution in [0.1, 0.15) is 36.6 Å². The standard InChI is InChI=1S/C23H30ClN3O4/c1-15(2)21-22(31-23(28)25-12-17-5-7-18(24)8-6-17)16(3)11-20(26-21)27-9-10-30-14-19(27)13-29-4/h5-8,11,15,19H,9-10,12-14H2,1-4H3,(H,25,28)/t19-/m0/s1. The van der Waals surface area contributed by atoms with Crippen LogP contribution in [0.25, 0.3) is 0 Å². The largest absolute Gasteiger partial charge is 0.412 e. The second-order valence-electron chi connectivity index (χ2n) is 7.91. The molecule has 1 amide bonds. The molecule has 1 saturated heterocycles. The van der Waals surface area contributed by atoms with E-state index in [-0.39, 0.29) is 12.0 Å². The van der Waals surface area contributed by atoms with Crippen LogP contribution in [0.5, 0.6) is 5.75 Å². The van der Waals surface area contributed by atoms with Gasteiger partial charge in [-0.15, -0.1) is 0 Å². The minimum atomic E-state index is -0.516. The second-order valence-corrected chi connectivity index (χ2v) is 8.35. The molecular weight excluding hydrogens is 418 g/mol. The van der Waals surface area contributed by atoms with Crippen LogP contribution in [0, 0.1) is 6.92 Å². The molecule has 2 aromatic rings. The van der Waals surface area contributed by atoms with Gasteiger partial charge in [0, 0.05) is 25.2 Å². The van der Waals surface area contributed by atoms with Gasteiger partial charge in [-0.05, 0) is 42.2 Å². The summed E-state index contributed by atoms with van der Waals surface area (Å²) in [7, 11) is 1.69. The highest BCUT2D eigenvalue weighted by Gasteiger charge is 2.27. The first-order valence-corrected chi connectivity index (χ1v) is 10.8. The summed E-state index contributed by atoms with van der Waals surface area (Å²) in [6.45, 7) is 8.89. The molecule has 0 radical (unpaired) electrons. The lowest BCUT2D eigenvalue weighted by atomic mass is 10.1. The highest BCUT2D eigenvalue weighted by atomic mass is 35.5. The number of aromatic nitrogens is 1. The Kier molecular flexibility index (Phi) is 8.12. The first-order chi connectivity index (χ1) is 14.9. The van der Waals surface area contributed by atoms with Crippen molar-refractivity contribution in [1.29, 1.82) is 0 Å². The predicted molar refractivity (Wildman–Crippen MR) is 121 cm³/mol. The number of ether oxygens (including phenoxy) is 3. The number of nitrogens with one attached hydrogen (secondary N) is 1. The van der Waals surface area contributed by atoms with Crippen molar-refractivity contribution in [1.82, 2.24) is 10.3 Å². The molecular formula is C23H30ClN3O4. The summed E-state index contributed by atoms with van der Waals surface area (Å²) in [6, 6.07) is 9.36. The minimum absolute atomic E-state index is 0.0830. The van der Waals surface area contributed by atoms with Gasteiger partial charge in [0.05, 0.1) is 31.6 Å². The first kappa shape index (κ1) is 23.3. The number of anilines is 1. The average molecular weight is 448 g/mol. The highest BCUT2D eigenvalue weighted by molar-refractivity contribution is 6.30. The quantitative estimate of drug-likeness (QED) is 0.681. The van der Waals surface area contributed by atoms with Crippen LogP contribution in [0.15, 0.2) is 30.3 Å². The van der Waals surface area contributed by atoms with E-state index in [1.54, 1.807) is 19.2 Å². The summed E-state index contributed by atoms with van der Waals surface area (Å²) in [5.41, 5.74) is 2.55. The van der Waals surface area contributed by atoms with E-state index in [9.17, 15) is 4.79 Å². The Bertz CT molecular complexity index is 887. The Morgan fingerprint density at radius 1 is 1.35 bits per heavy atom. The van der Waals surface area contributed by atoms with Gasteiger partial charge in [0.15, 0.2) is 5.75 Å². The number of rotatable bonds is 7. The van der Waals surface area contributed by atoms with E-state index in [4.69, 9.17) is 30.8 Å². The van der Waals surface area contributed by atoms with Gasteiger partial charge in [-0.3, -0.25) is 0 Å². The highest BCUT2D eigenvalue weighted by Crippen LogP contribution is 2.32. The molecule has 1 atom stereocenters. The van der Waals surface area contributed by atoms with Crippen LogP contribution in [0.3, 0.4) is 0 Å². The van der Waals surface area contributed by atoms with Gasteiger partial charge >= 0.3 is 6.09 Å². The summed E-state index contributed by atoms with van der Waals surface area (Å²) < 4.78 is 16.7. The summed E-state index contributed by atoms with van der Waals surface area (Å²) in [5, 5.41) is 3.44. The maximum atomic E-state index is 12.5. The third-order valence-corrected chi connectivity index (χ3v) is 5.40. The molecule has 1 aliphatic heterocycles. The molecule has 31 heavy (non-hydrogen) atoms. The third kappa shape index (κ3) is 6.09. The number of carbonyl (C=O) groups excluding carboxylic acids is 1. The van der Waals surface area contributed by atoms with Crippen molar-refractivity contribution in [2.75, 3.05) is 38.4 Å². The minimum Gasteiger partial charge on any atom is -0.408 e. The molecule has 8 heteroatoms. The Hall–Kier alpha value is -2.35. The van der Waals surface area contributed by atoms with Crippen molar-refractivity contribution in [3.05, 3.63) is 52.2 Å². The molecule has 2 heterocycles. The zero-order chi connectivity index (χ0) is 22.4. The molecule has 1 aromatic heterocycles. The number of halogens is 1. The van der Waals surface area contributed by atoms with E-state index in [1.165, 1.54) is 0 Å². The van der Waals surface area contributed by atoms with Gasteiger partial charge in [0.2, 0.25) is 0 Å². The number of aryl methyl sites for hydroxylation is 1. The Morgan fingerprint density at radius 2 is 2.10 bits per heavy atom. The van der Waals surface area contributed by atoms with E-state index in [0.29, 0.717) is 37.1 Å². The Labute approximate surface area is 188 Å². The van der Waals surface area contributed by atoms with Crippen molar-refractivity contribution >= 4 is 23.5 Å². The average Bonchev–Trinajstić information content (AvgIpc) is 2.75. The Balaban J connectivity index is 1.76.